The molecule has 0 bridgehead atoms. The molecule has 1 atom stereocenters. The number of esters is 1. The van der Waals surface area contributed by atoms with Gasteiger partial charge in [0.15, 0.2) is 0 Å². The predicted octanol–water partition coefficient (Wildman–Crippen LogP) is 2.59. The van der Waals surface area contributed by atoms with E-state index in [2.05, 4.69) is 0 Å². The largest absolute Gasteiger partial charge is 0.466 e. The van der Waals surface area contributed by atoms with E-state index in [9.17, 15) is 9.59 Å². The zero-order chi connectivity index (χ0) is 14.5. The van der Waals surface area contributed by atoms with E-state index in [1.165, 1.54) is 0 Å². The molecule has 0 saturated carbocycles. The highest BCUT2D eigenvalue weighted by atomic mass is 16.6. The number of ether oxygens (including phenoxy) is 2. The molecule has 0 unspecified atom stereocenters. The lowest BCUT2D eigenvalue weighted by atomic mass is 10.0. The van der Waals surface area contributed by atoms with E-state index in [4.69, 9.17) is 9.47 Å². The monoisotopic (exact) mass is 271 g/mol. The maximum atomic E-state index is 11.9. The Morgan fingerprint density at radius 1 is 1.32 bits per heavy atom. The second kappa shape index (κ2) is 6.78. The Labute approximate surface area is 115 Å². The summed E-state index contributed by atoms with van der Waals surface area (Å²) in [5.74, 6) is 0.218. The number of carbonyl (C=O) groups is 2. The Kier molecular flexibility index (Phi) is 5.63. The van der Waals surface area contributed by atoms with Gasteiger partial charge in [-0.05, 0) is 46.5 Å². The summed E-state index contributed by atoms with van der Waals surface area (Å²) in [7, 11) is 0. The van der Waals surface area contributed by atoms with Crippen LogP contribution in [0, 0.1) is 5.92 Å². The summed E-state index contributed by atoms with van der Waals surface area (Å²) >= 11 is 0. The summed E-state index contributed by atoms with van der Waals surface area (Å²) in [5.41, 5.74) is -0.458. The fourth-order valence-corrected chi connectivity index (χ4v) is 2.12. The van der Waals surface area contributed by atoms with Gasteiger partial charge in [-0.3, -0.25) is 4.79 Å². The molecule has 0 radical (unpaired) electrons. The first kappa shape index (κ1) is 15.8. The van der Waals surface area contributed by atoms with Crippen LogP contribution in [-0.2, 0) is 14.3 Å². The van der Waals surface area contributed by atoms with Gasteiger partial charge in [-0.25, -0.2) is 4.79 Å². The first-order valence-corrected chi connectivity index (χ1v) is 6.95. The molecule has 1 aliphatic rings. The normalized spacial score (nSPS) is 19.4. The van der Waals surface area contributed by atoms with Crippen LogP contribution >= 0.6 is 0 Å². The fraction of sp³-hybridized carbons (Fsp3) is 0.857. The van der Waals surface area contributed by atoms with Gasteiger partial charge in [-0.1, -0.05) is 0 Å². The molecule has 1 rings (SSSR count). The Morgan fingerprint density at radius 2 is 2.00 bits per heavy atom. The van der Waals surface area contributed by atoms with Crippen LogP contribution in [0.3, 0.4) is 0 Å². The Balaban J connectivity index is 2.29. The lowest BCUT2D eigenvalue weighted by Crippen LogP contribution is -2.35. The molecule has 0 aliphatic carbocycles. The van der Waals surface area contributed by atoms with Crippen LogP contribution in [0.15, 0.2) is 0 Å². The smallest absolute Gasteiger partial charge is 0.410 e. The summed E-state index contributed by atoms with van der Waals surface area (Å²) in [6.45, 7) is 9.19. The highest BCUT2D eigenvalue weighted by Crippen LogP contribution is 2.23. The van der Waals surface area contributed by atoms with Crippen LogP contribution in [0.4, 0.5) is 4.79 Å². The molecular formula is C14H25NO4. The van der Waals surface area contributed by atoms with Crippen LogP contribution < -0.4 is 0 Å². The molecule has 19 heavy (non-hydrogen) atoms. The maximum absolute atomic E-state index is 11.9. The van der Waals surface area contributed by atoms with Gasteiger partial charge in [0.25, 0.3) is 0 Å². The van der Waals surface area contributed by atoms with Crippen molar-refractivity contribution >= 4 is 12.1 Å². The predicted molar refractivity (Wildman–Crippen MR) is 71.8 cm³/mol. The average Bonchev–Trinajstić information content (AvgIpc) is 2.73. The van der Waals surface area contributed by atoms with E-state index in [1.807, 2.05) is 20.8 Å². The lowest BCUT2D eigenvalue weighted by Gasteiger charge is -2.24. The third kappa shape index (κ3) is 5.94. The van der Waals surface area contributed by atoms with Gasteiger partial charge in [-0.15, -0.1) is 0 Å². The van der Waals surface area contributed by atoms with Crippen molar-refractivity contribution in [2.24, 2.45) is 5.92 Å². The summed E-state index contributed by atoms with van der Waals surface area (Å²) in [6.07, 6.45) is 1.88. The van der Waals surface area contributed by atoms with Gasteiger partial charge in [-0.2, -0.15) is 0 Å². The molecule has 1 amide bonds. The van der Waals surface area contributed by atoms with Crippen LogP contribution in [-0.4, -0.2) is 42.3 Å². The number of hydrogen-bond acceptors (Lipinski definition) is 4. The first-order chi connectivity index (χ1) is 8.81. The number of rotatable bonds is 4. The molecule has 1 saturated heterocycles. The third-order valence-electron chi connectivity index (χ3n) is 3.00. The molecular weight excluding hydrogens is 246 g/mol. The van der Waals surface area contributed by atoms with Crippen LogP contribution in [0.1, 0.15) is 47.0 Å². The van der Waals surface area contributed by atoms with Gasteiger partial charge in [0.2, 0.25) is 0 Å². The SMILES string of the molecule is CCOC(=O)CC[C@H]1CCN(C(=O)OC(C)(C)C)C1. The zero-order valence-electron chi connectivity index (χ0n) is 12.4. The number of carbonyl (C=O) groups excluding carboxylic acids is 2. The highest BCUT2D eigenvalue weighted by molar-refractivity contribution is 5.69. The number of amides is 1. The molecule has 1 aliphatic heterocycles. The Bertz CT molecular complexity index is 322. The topological polar surface area (TPSA) is 55.8 Å². The second-order valence-corrected chi connectivity index (χ2v) is 5.92. The minimum atomic E-state index is -0.458. The standard InChI is InChI=1S/C14H25NO4/c1-5-18-12(16)7-6-11-8-9-15(10-11)13(17)19-14(2,3)4/h11H,5-10H2,1-4H3/t11-/m0/s1. The fourth-order valence-electron chi connectivity index (χ4n) is 2.12. The molecule has 0 aromatic carbocycles. The maximum Gasteiger partial charge on any atom is 0.410 e. The van der Waals surface area contributed by atoms with E-state index in [0.29, 0.717) is 32.0 Å². The second-order valence-electron chi connectivity index (χ2n) is 5.92. The minimum Gasteiger partial charge on any atom is -0.466 e. The highest BCUT2D eigenvalue weighted by Gasteiger charge is 2.29. The van der Waals surface area contributed by atoms with Gasteiger partial charge in [0.1, 0.15) is 5.60 Å². The molecule has 0 spiro atoms. The van der Waals surface area contributed by atoms with E-state index in [-0.39, 0.29) is 12.1 Å². The first-order valence-electron chi connectivity index (χ1n) is 6.95. The van der Waals surface area contributed by atoms with Crippen molar-refractivity contribution in [3.63, 3.8) is 0 Å². The minimum absolute atomic E-state index is 0.154. The zero-order valence-corrected chi connectivity index (χ0v) is 12.4. The summed E-state index contributed by atoms with van der Waals surface area (Å²) in [4.78, 5) is 24.9. The van der Waals surface area contributed by atoms with Gasteiger partial charge in [0, 0.05) is 19.5 Å². The van der Waals surface area contributed by atoms with Crippen molar-refractivity contribution < 1.29 is 19.1 Å². The van der Waals surface area contributed by atoms with E-state index >= 15 is 0 Å². The number of hydrogen-bond donors (Lipinski definition) is 0. The molecule has 5 nitrogen and oxygen atoms in total. The van der Waals surface area contributed by atoms with Gasteiger partial charge >= 0.3 is 12.1 Å². The quantitative estimate of drug-likeness (QED) is 0.737. The van der Waals surface area contributed by atoms with Gasteiger partial charge in [0.05, 0.1) is 6.61 Å². The average molecular weight is 271 g/mol. The van der Waals surface area contributed by atoms with Crippen molar-refractivity contribution in [3.8, 4) is 0 Å². The Hall–Kier alpha value is -1.26. The molecule has 0 N–H and O–H groups in total. The van der Waals surface area contributed by atoms with Gasteiger partial charge < -0.3 is 14.4 Å². The summed E-state index contributed by atoms with van der Waals surface area (Å²) < 4.78 is 10.2. The van der Waals surface area contributed by atoms with Crippen molar-refractivity contribution in [2.45, 2.75) is 52.6 Å². The summed E-state index contributed by atoms with van der Waals surface area (Å²) in [6, 6.07) is 0. The lowest BCUT2D eigenvalue weighted by molar-refractivity contribution is -0.143. The van der Waals surface area contributed by atoms with Crippen molar-refractivity contribution in [1.29, 1.82) is 0 Å². The molecule has 5 heteroatoms. The molecule has 1 fully saturated rings. The molecule has 1 heterocycles. The van der Waals surface area contributed by atoms with E-state index in [1.54, 1.807) is 11.8 Å². The Morgan fingerprint density at radius 3 is 2.58 bits per heavy atom. The molecule has 110 valence electrons. The van der Waals surface area contributed by atoms with Crippen LogP contribution in [0.2, 0.25) is 0 Å². The van der Waals surface area contributed by atoms with Crippen LogP contribution in [0.25, 0.3) is 0 Å². The van der Waals surface area contributed by atoms with Crippen molar-refractivity contribution in [1.82, 2.24) is 4.90 Å². The third-order valence-corrected chi connectivity index (χ3v) is 3.00. The van der Waals surface area contributed by atoms with E-state index in [0.717, 1.165) is 12.8 Å². The van der Waals surface area contributed by atoms with Crippen LogP contribution in [0.5, 0.6) is 0 Å². The molecule has 0 aromatic heterocycles. The van der Waals surface area contributed by atoms with E-state index < -0.39 is 5.60 Å². The molecule has 0 aromatic rings. The van der Waals surface area contributed by atoms with Crippen molar-refractivity contribution in [3.05, 3.63) is 0 Å². The van der Waals surface area contributed by atoms with Crippen molar-refractivity contribution in [2.75, 3.05) is 19.7 Å². The summed E-state index contributed by atoms with van der Waals surface area (Å²) in [5, 5.41) is 0. The number of nitrogens with zero attached hydrogens (tertiary/aromatic N) is 1. The number of likely N-dealkylation sites (tertiary alicyclic amines) is 1.